The Labute approximate surface area is 251 Å². The van der Waals surface area contributed by atoms with Crippen LogP contribution in [-0.2, 0) is 26.2 Å². The van der Waals surface area contributed by atoms with Crippen LogP contribution in [-0.4, -0.2) is 50.4 Å². The van der Waals surface area contributed by atoms with E-state index in [4.69, 9.17) is 4.74 Å². The van der Waals surface area contributed by atoms with Crippen LogP contribution in [0.2, 0.25) is 0 Å². The highest BCUT2D eigenvalue weighted by atomic mass is 79.9. The van der Waals surface area contributed by atoms with Crippen molar-refractivity contribution in [2.24, 2.45) is 0 Å². The van der Waals surface area contributed by atoms with Crippen LogP contribution in [0, 0.1) is 6.92 Å². The molecular weight excluding hydrogens is 606 g/mol. The number of carbonyl (C=O) groups excluding carboxylic acids is 2. The van der Waals surface area contributed by atoms with Crippen LogP contribution in [0.5, 0.6) is 5.75 Å². The van der Waals surface area contributed by atoms with Crippen molar-refractivity contribution in [3.63, 3.8) is 0 Å². The second kappa shape index (κ2) is 14.5. The van der Waals surface area contributed by atoms with Crippen LogP contribution < -0.4 is 14.4 Å². The Morgan fingerprint density at radius 1 is 0.976 bits per heavy atom. The third kappa shape index (κ3) is 8.33. The molecule has 8 nitrogen and oxygen atoms in total. The zero-order chi connectivity index (χ0) is 30.2. The molecule has 0 aromatic heterocycles. The number of nitrogens with zero attached hydrogens (tertiary/aromatic N) is 2. The van der Waals surface area contributed by atoms with E-state index in [0.717, 1.165) is 26.3 Å². The van der Waals surface area contributed by atoms with Crippen molar-refractivity contribution in [2.75, 3.05) is 17.5 Å². The van der Waals surface area contributed by atoms with Crippen LogP contribution in [0.25, 0.3) is 0 Å². The largest absolute Gasteiger partial charge is 0.492 e. The third-order valence-corrected chi connectivity index (χ3v) is 9.00. The van der Waals surface area contributed by atoms with E-state index in [-0.39, 0.29) is 29.1 Å². The summed E-state index contributed by atoms with van der Waals surface area (Å²) in [6, 6.07) is 19.7. The molecule has 0 aliphatic rings. The van der Waals surface area contributed by atoms with E-state index in [1.165, 1.54) is 17.0 Å². The summed E-state index contributed by atoms with van der Waals surface area (Å²) in [6.07, 6.45) is 0.731. The molecule has 3 aromatic carbocycles. The standard InChI is InChI=1S/C31H38BrN3O5S/c1-6-23(4)33-31(37)24(5)34(20-25-11-10-12-26(32)19-25)30(36)21-35(28-13-8-9-14-29(28)40-7-2)41(38,39)27-17-15-22(3)16-18-27/h8-19,23-24H,6-7,20-21H2,1-5H3,(H,33,37)/t23-,24+/m0/s1. The van der Waals surface area contributed by atoms with Gasteiger partial charge >= 0.3 is 0 Å². The molecule has 0 unspecified atom stereocenters. The van der Waals surface area contributed by atoms with Crippen molar-refractivity contribution in [1.29, 1.82) is 0 Å². The first kappa shape index (κ1) is 32.1. The normalized spacial score (nSPS) is 12.7. The van der Waals surface area contributed by atoms with Crippen LogP contribution in [0.15, 0.2) is 82.2 Å². The van der Waals surface area contributed by atoms with E-state index >= 15 is 0 Å². The first-order chi connectivity index (χ1) is 19.5. The molecule has 1 N–H and O–H groups in total. The highest BCUT2D eigenvalue weighted by Gasteiger charge is 2.34. The van der Waals surface area contributed by atoms with Crippen molar-refractivity contribution in [1.82, 2.24) is 10.2 Å². The second-order valence-corrected chi connectivity index (χ2v) is 12.6. The minimum absolute atomic E-state index is 0.0447. The Morgan fingerprint density at radius 2 is 1.66 bits per heavy atom. The number of halogens is 1. The summed E-state index contributed by atoms with van der Waals surface area (Å²) in [7, 11) is -4.19. The van der Waals surface area contributed by atoms with Crippen molar-refractivity contribution in [3.05, 3.63) is 88.4 Å². The Kier molecular flexibility index (Phi) is 11.4. The van der Waals surface area contributed by atoms with Crippen molar-refractivity contribution in [3.8, 4) is 5.75 Å². The molecule has 2 amide bonds. The number of amides is 2. The van der Waals surface area contributed by atoms with Crippen molar-refractivity contribution in [2.45, 2.75) is 64.6 Å². The Hall–Kier alpha value is -3.37. The molecule has 0 aliphatic carbocycles. The van der Waals surface area contributed by atoms with E-state index in [1.807, 2.05) is 45.0 Å². The number of nitrogens with one attached hydrogen (secondary N) is 1. The lowest BCUT2D eigenvalue weighted by molar-refractivity contribution is -0.139. The summed E-state index contributed by atoms with van der Waals surface area (Å²) >= 11 is 3.46. The van der Waals surface area contributed by atoms with E-state index in [2.05, 4.69) is 21.2 Å². The third-order valence-electron chi connectivity index (χ3n) is 6.73. The smallest absolute Gasteiger partial charge is 0.264 e. The number of aryl methyl sites for hydroxylation is 1. The summed E-state index contributed by atoms with van der Waals surface area (Å²) in [4.78, 5) is 28.8. The van der Waals surface area contributed by atoms with Crippen molar-refractivity contribution >= 4 is 43.5 Å². The van der Waals surface area contributed by atoms with E-state index in [9.17, 15) is 18.0 Å². The summed E-state index contributed by atoms with van der Waals surface area (Å²) in [5, 5.41) is 2.94. The maximum Gasteiger partial charge on any atom is 0.264 e. The fourth-order valence-corrected chi connectivity index (χ4v) is 6.04. The molecule has 10 heteroatoms. The molecule has 0 spiro atoms. The molecular formula is C31H38BrN3O5S. The molecule has 0 saturated carbocycles. The number of hydrogen-bond donors (Lipinski definition) is 1. The predicted molar refractivity (Wildman–Crippen MR) is 165 cm³/mol. The Balaban J connectivity index is 2.08. The molecule has 3 rings (SSSR count). The fraction of sp³-hybridized carbons (Fsp3) is 0.355. The number of benzene rings is 3. The summed E-state index contributed by atoms with van der Waals surface area (Å²) < 4.78 is 35.8. The lowest BCUT2D eigenvalue weighted by Gasteiger charge is -2.33. The Morgan fingerprint density at radius 3 is 2.29 bits per heavy atom. The molecule has 0 fully saturated rings. The van der Waals surface area contributed by atoms with Crippen LogP contribution in [0.1, 0.15) is 45.2 Å². The van der Waals surface area contributed by atoms with Gasteiger partial charge in [0.1, 0.15) is 18.3 Å². The lowest BCUT2D eigenvalue weighted by atomic mass is 10.1. The molecule has 0 aliphatic heterocycles. The molecule has 0 heterocycles. The number of anilines is 1. The molecule has 41 heavy (non-hydrogen) atoms. The van der Waals surface area contributed by atoms with Gasteiger partial charge in [-0.3, -0.25) is 13.9 Å². The van der Waals surface area contributed by atoms with Crippen molar-refractivity contribution < 1.29 is 22.7 Å². The maximum atomic E-state index is 14.1. The topological polar surface area (TPSA) is 96.0 Å². The maximum absolute atomic E-state index is 14.1. The number of carbonyl (C=O) groups is 2. The van der Waals surface area contributed by atoms with E-state index < -0.39 is 28.5 Å². The summed E-state index contributed by atoms with van der Waals surface area (Å²) in [6.45, 7) is 9.07. The van der Waals surface area contributed by atoms with Crippen LogP contribution >= 0.6 is 15.9 Å². The van der Waals surface area contributed by atoms with Crippen LogP contribution in [0.4, 0.5) is 5.69 Å². The zero-order valence-corrected chi connectivity index (χ0v) is 26.5. The molecule has 220 valence electrons. The van der Waals surface area contributed by atoms with Gasteiger partial charge in [-0.1, -0.05) is 64.8 Å². The van der Waals surface area contributed by atoms with Gasteiger partial charge in [0.2, 0.25) is 11.8 Å². The van der Waals surface area contributed by atoms with Gasteiger partial charge in [0.05, 0.1) is 17.2 Å². The number of para-hydroxylation sites is 2. The molecule has 2 atom stereocenters. The minimum atomic E-state index is -4.19. The number of rotatable bonds is 13. The minimum Gasteiger partial charge on any atom is -0.492 e. The number of ether oxygens (including phenoxy) is 1. The van der Waals surface area contributed by atoms with Gasteiger partial charge in [-0.15, -0.1) is 0 Å². The van der Waals surface area contributed by atoms with Crippen LogP contribution in [0.3, 0.4) is 0 Å². The monoisotopic (exact) mass is 643 g/mol. The Bertz CT molecular complexity index is 1450. The average Bonchev–Trinajstić information content (AvgIpc) is 2.95. The quantitative estimate of drug-likeness (QED) is 0.258. The first-order valence-electron chi connectivity index (χ1n) is 13.6. The first-order valence-corrected chi connectivity index (χ1v) is 15.9. The van der Waals surface area contributed by atoms with Gasteiger partial charge in [0, 0.05) is 17.1 Å². The van der Waals surface area contributed by atoms with E-state index in [1.54, 1.807) is 50.2 Å². The second-order valence-electron chi connectivity index (χ2n) is 9.87. The van der Waals surface area contributed by atoms with Gasteiger partial charge in [-0.25, -0.2) is 8.42 Å². The molecule has 0 radical (unpaired) electrons. The fourth-order valence-electron chi connectivity index (χ4n) is 4.17. The molecule has 0 bridgehead atoms. The molecule has 0 saturated heterocycles. The lowest BCUT2D eigenvalue weighted by Crippen LogP contribution is -2.52. The summed E-state index contributed by atoms with van der Waals surface area (Å²) in [5.41, 5.74) is 1.93. The van der Waals surface area contributed by atoms with Gasteiger partial charge in [0.25, 0.3) is 10.0 Å². The average molecular weight is 645 g/mol. The molecule has 3 aromatic rings. The number of hydrogen-bond acceptors (Lipinski definition) is 5. The summed E-state index contributed by atoms with van der Waals surface area (Å²) in [5.74, 6) is -0.510. The zero-order valence-electron chi connectivity index (χ0n) is 24.1. The van der Waals surface area contributed by atoms with Gasteiger partial charge in [0.15, 0.2) is 0 Å². The van der Waals surface area contributed by atoms with Gasteiger partial charge in [-0.05, 0) is 76.1 Å². The van der Waals surface area contributed by atoms with Gasteiger partial charge < -0.3 is 15.0 Å². The predicted octanol–water partition coefficient (Wildman–Crippen LogP) is 5.68. The van der Waals surface area contributed by atoms with Gasteiger partial charge in [-0.2, -0.15) is 0 Å². The van der Waals surface area contributed by atoms with E-state index in [0.29, 0.717) is 12.4 Å². The highest BCUT2D eigenvalue weighted by molar-refractivity contribution is 9.10. The SMILES string of the molecule is CCOc1ccccc1N(CC(=O)N(Cc1cccc(Br)c1)[C@H](C)C(=O)N[C@@H](C)CC)S(=O)(=O)c1ccc(C)cc1. The highest BCUT2D eigenvalue weighted by Crippen LogP contribution is 2.33. The number of sulfonamides is 1.